The zero-order valence-corrected chi connectivity index (χ0v) is 13.3. The molecule has 0 spiro atoms. The van der Waals surface area contributed by atoms with Gasteiger partial charge in [0.1, 0.15) is 0 Å². The summed E-state index contributed by atoms with van der Waals surface area (Å²) < 4.78 is 16.5. The number of ether oxygens (including phenoxy) is 3. The first kappa shape index (κ1) is 19.8. The molecule has 122 valence electrons. The topological polar surface area (TPSA) is 47.9 Å². The first-order chi connectivity index (χ1) is 9.91. The fourth-order valence-electron chi connectivity index (χ4n) is 1.69. The quantitative estimate of drug-likeness (QED) is 0.418. The van der Waals surface area contributed by atoms with E-state index in [1.165, 1.54) is 12.8 Å². The lowest BCUT2D eigenvalue weighted by atomic mass is 10.3. The van der Waals surface area contributed by atoms with Crippen molar-refractivity contribution in [2.24, 2.45) is 0 Å². The molecule has 0 aromatic rings. The van der Waals surface area contributed by atoms with E-state index in [0.29, 0.717) is 0 Å². The lowest BCUT2D eigenvalue weighted by molar-refractivity contribution is 0.0885. The van der Waals surface area contributed by atoms with Crippen LogP contribution in [-0.2, 0) is 14.2 Å². The summed E-state index contributed by atoms with van der Waals surface area (Å²) in [5.74, 6) is 0. The number of rotatable bonds is 17. The van der Waals surface area contributed by atoms with E-state index >= 15 is 0 Å². The van der Waals surface area contributed by atoms with E-state index in [2.05, 4.69) is 6.92 Å². The number of aliphatic hydroxyl groups is 1. The van der Waals surface area contributed by atoms with Crippen LogP contribution < -0.4 is 0 Å². The maximum atomic E-state index is 8.60. The molecule has 1 N–H and O–H groups in total. The number of hydrogen-bond acceptors (Lipinski definition) is 4. The Morgan fingerprint density at radius 3 is 1.25 bits per heavy atom. The third kappa shape index (κ3) is 17.8. The fourth-order valence-corrected chi connectivity index (χ4v) is 1.69. The van der Waals surface area contributed by atoms with Crippen LogP contribution >= 0.6 is 0 Å². The van der Waals surface area contributed by atoms with Gasteiger partial charge in [0.15, 0.2) is 0 Å². The van der Waals surface area contributed by atoms with Crippen LogP contribution in [0.5, 0.6) is 0 Å². The third-order valence-corrected chi connectivity index (χ3v) is 2.99. The van der Waals surface area contributed by atoms with Crippen LogP contribution in [0.2, 0.25) is 0 Å². The van der Waals surface area contributed by atoms with Crippen LogP contribution in [0.3, 0.4) is 0 Å². The predicted octanol–water partition coefficient (Wildman–Crippen LogP) is 3.17. The van der Waals surface area contributed by atoms with Crippen molar-refractivity contribution < 1.29 is 19.3 Å². The first-order valence-corrected chi connectivity index (χ1v) is 8.26. The van der Waals surface area contributed by atoms with Crippen LogP contribution in [-0.4, -0.2) is 51.4 Å². The second kappa shape index (κ2) is 18.8. The van der Waals surface area contributed by atoms with Crippen LogP contribution in [0.25, 0.3) is 0 Å². The van der Waals surface area contributed by atoms with Gasteiger partial charge in [0.2, 0.25) is 0 Å². The fraction of sp³-hybridized carbons (Fsp3) is 1.00. The Morgan fingerprint density at radius 1 is 0.550 bits per heavy atom. The minimum atomic E-state index is 0.265. The summed E-state index contributed by atoms with van der Waals surface area (Å²) in [6.07, 6.45) is 8.46. The number of unbranched alkanes of at least 4 members (excludes halogenated alkanes) is 4. The molecule has 0 aromatic heterocycles. The summed E-state index contributed by atoms with van der Waals surface area (Å²) in [4.78, 5) is 0. The van der Waals surface area contributed by atoms with E-state index in [-0.39, 0.29) is 6.61 Å². The minimum absolute atomic E-state index is 0.265. The van der Waals surface area contributed by atoms with E-state index in [0.717, 1.165) is 78.2 Å². The standard InChI is InChI=1S/C16H34O4/c1-2-3-11-18-13-6-7-15-20-16-9-8-14-19-12-5-4-10-17/h17H,2-16H2,1H3. The van der Waals surface area contributed by atoms with Gasteiger partial charge in [0.25, 0.3) is 0 Å². The molecule has 0 rings (SSSR count). The van der Waals surface area contributed by atoms with Crippen LogP contribution in [0.4, 0.5) is 0 Å². The van der Waals surface area contributed by atoms with Crippen molar-refractivity contribution in [3.8, 4) is 0 Å². The molecule has 0 bridgehead atoms. The van der Waals surface area contributed by atoms with Gasteiger partial charge in [-0.15, -0.1) is 0 Å². The molecule has 0 aliphatic carbocycles. The Bertz CT molecular complexity index is 147. The molecule has 0 amide bonds. The minimum Gasteiger partial charge on any atom is -0.396 e. The van der Waals surface area contributed by atoms with E-state index in [9.17, 15) is 0 Å². The van der Waals surface area contributed by atoms with Gasteiger partial charge < -0.3 is 19.3 Å². The smallest absolute Gasteiger partial charge is 0.0466 e. The highest BCUT2D eigenvalue weighted by atomic mass is 16.5. The highest BCUT2D eigenvalue weighted by Crippen LogP contribution is 1.97. The summed E-state index contributed by atoms with van der Waals surface area (Å²) in [5.41, 5.74) is 0. The molecule has 0 fully saturated rings. The van der Waals surface area contributed by atoms with Crippen molar-refractivity contribution in [3.63, 3.8) is 0 Å². The number of hydrogen-bond donors (Lipinski definition) is 1. The lowest BCUT2D eigenvalue weighted by Crippen LogP contribution is -2.03. The van der Waals surface area contributed by atoms with Crippen molar-refractivity contribution in [2.45, 2.75) is 58.3 Å². The van der Waals surface area contributed by atoms with Crippen LogP contribution in [0, 0.1) is 0 Å². The van der Waals surface area contributed by atoms with Gasteiger partial charge in [0.05, 0.1) is 0 Å². The normalized spacial score (nSPS) is 11.1. The molecule has 0 atom stereocenters. The molecule has 0 aromatic carbocycles. The van der Waals surface area contributed by atoms with Gasteiger partial charge in [-0.2, -0.15) is 0 Å². The third-order valence-electron chi connectivity index (χ3n) is 2.99. The van der Waals surface area contributed by atoms with Crippen molar-refractivity contribution in [1.29, 1.82) is 0 Å². The molecule has 0 aliphatic rings. The van der Waals surface area contributed by atoms with Crippen molar-refractivity contribution in [3.05, 3.63) is 0 Å². The highest BCUT2D eigenvalue weighted by Gasteiger charge is 1.93. The largest absolute Gasteiger partial charge is 0.396 e. The van der Waals surface area contributed by atoms with Gasteiger partial charge in [-0.1, -0.05) is 13.3 Å². The van der Waals surface area contributed by atoms with Gasteiger partial charge in [-0.05, 0) is 44.9 Å². The molecule has 0 saturated heterocycles. The molecule has 4 heteroatoms. The van der Waals surface area contributed by atoms with Crippen LogP contribution in [0.1, 0.15) is 58.3 Å². The van der Waals surface area contributed by atoms with Crippen molar-refractivity contribution in [2.75, 3.05) is 46.2 Å². The Labute approximate surface area is 124 Å². The summed E-state index contributed by atoms with van der Waals surface area (Å²) in [6.45, 7) is 7.45. The summed E-state index contributed by atoms with van der Waals surface area (Å²) in [6, 6.07) is 0. The Kier molecular flexibility index (Phi) is 18.7. The van der Waals surface area contributed by atoms with E-state index < -0.39 is 0 Å². The summed E-state index contributed by atoms with van der Waals surface area (Å²) in [5, 5.41) is 8.60. The summed E-state index contributed by atoms with van der Waals surface area (Å²) in [7, 11) is 0. The van der Waals surface area contributed by atoms with Crippen molar-refractivity contribution >= 4 is 0 Å². The predicted molar refractivity (Wildman–Crippen MR) is 82.2 cm³/mol. The van der Waals surface area contributed by atoms with Crippen LogP contribution in [0.15, 0.2) is 0 Å². The molecular weight excluding hydrogens is 256 g/mol. The molecule has 0 unspecified atom stereocenters. The molecule has 0 saturated carbocycles. The SMILES string of the molecule is CCCCOCCCCOCCCCOCCCCO. The van der Waals surface area contributed by atoms with Gasteiger partial charge in [-0.25, -0.2) is 0 Å². The van der Waals surface area contributed by atoms with E-state index in [1.807, 2.05) is 0 Å². The Morgan fingerprint density at radius 2 is 0.900 bits per heavy atom. The zero-order valence-electron chi connectivity index (χ0n) is 13.3. The first-order valence-electron chi connectivity index (χ1n) is 8.26. The lowest BCUT2D eigenvalue weighted by Gasteiger charge is -2.06. The molecular formula is C16H34O4. The van der Waals surface area contributed by atoms with E-state index in [1.54, 1.807) is 0 Å². The summed E-state index contributed by atoms with van der Waals surface area (Å²) >= 11 is 0. The monoisotopic (exact) mass is 290 g/mol. The molecule has 0 radical (unpaired) electrons. The molecule has 4 nitrogen and oxygen atoms in total. The zero-order chi connectivity index (χ0) is 14.7. The maximum absolute atomic E-state index is 8.60. The van der Waals surface area contributed by atoms with Gasteiger partial charge in [-0.3, -0.25) is 0 Å². The number of aliphatic hydroxyl groups excluding tert-OH is 1. The van der Waals surface area contributed by atoms with Crippen molar-refractivity contribution in [1.82, 2.24) is 0 Å². The van der Waals surface area contributed by atoms with Gasteiger partial charge in [0, 0.05) is 46.2 Å². The average Bonchev–Trinajstić information content (AvgIpc) is 2.47. The van der Waals surface area contributed by atoms with E-state index in [4.69, 9.17) is 19.3 Å². The molecule has 0 aliphatic heterocycles. The average molecular weight is 290 g/mol. The molecule has 20 heavy (non-hydrogen) atoms. The Balaban J connectivity index is 2.89. The highest BCUT2D eigenvalue weighted by molar-refractivity contribution is 4.42. The molecule has 0 heterocycles. The van der Waals surface area contributed by atoms with Gasteiger partial charge >= 0.3 is 0 Å². The second-order valence-electron chi connectivity index (χ2n) is 5.04. The maximum Gasteiger partial charge on any atom is 0.0466 e. The second-order valence-corrected chi connectivity index (χ2v) is 5.04. The Hall–Kier alpha value is -0.160.